The van der Waals surface area contributed by atoms with Gasteiger partial charge in [0.1, 0.15) is 18.1 Å². The number of ether oxygens (including phenoxy) is 2. The first-order chi connectivity index (χ1) is 9.31. The fourth-order valence-corrected chi connectivity index (χ4v) is 2.12. The van der Waals surface area contributed by atoms with Crippen LogP contribution in [0.15, 0.2) is 24.3 Å². The average molecular weight is 265 g/mol. The smallest absolute Gasteiger partial charge is 0.119 e. The summed E-state index contributed by atoms with van der Waals surface area (Å²) in [5.74, 6) is 2.24. The first-order valence-electron chi connectivity index (χ1n) is 7.00. The van der Waals surface area contributed by atoms with Crippen LogP contribution in [0.3, 0.4) is 0 Å². The summed E-state index contributed by atoms with van der Waals surface area (Å²) in [6, 6.07) is 7.77. The van der Waals surface area contributed by atoms with Crippen molar-refractivity contribution in [1.82, 2.24) is 4.90 Å². The summed E-state index contributed by atoms with van der Waals surface area (Å²) in [6.45, 7) is 6.73. The van der Waals surface area contributed by atoms with Gasteiger partial charge in [-0.15, -0.1) is 0 Å². The van der Waals surface area contributed by atoms with Gasteiger partial charge in [0.25, 0.3) is 0 Å². The minimum Gasteiger partial charge on any atom is -0.494 e. The molecule has 0 aliphatic carbocycles. The van der Waals surface area contributed by atoms with Crippen molar-refractivity contribution in [3.8, 4) is 11.5 Å². The molecule has 1 saturated heterocycles. The molecule has 1 N–H and O–H groups in total. The summed E-state index contributed by atoms with van der Waals surface area (Å²) >= 11 is 0. The Morgan fingerprint density at radius 1 is 1.11 bits per heavy atom. The number of benzene rings is 1. The Morgan fingerprint density at radius 2 is 1.68 bits per heavy atom. The van der Waals surface area contributed by atoms with E-state index in [4.69, 9.17) is 14.6 Å². The van der Waals surface area contributed by atoms with Crippen molar-refractivity contribution in [2.45, 2.75) is 13.3 Å². The maximum absolute atomic E-state index is 8.93. The van der Waals surface area contributed by atoms with Gasteiger partial charge in [-0.3, -0.25) is 4.90 Å². The predicted octanol–water partition coefficient (Wildman–Crippen LogP) is 1.78. The molecule has 1 aliphatic rings. The van der Waals surface area contributed by atoms with Crippen LogP contribution in [0.5, 0.6) is 11.5 Å². The average Bonchev–Trinajstić information content (AvgIpc) is 2.40. The van der Waals surface area contributed by atoms with E-state index in [0.29, 0.717) is 19.1 Å². The Kier molecular flexibility index (Phi) is 5.48. The van der Waals surface area contributed by atoms with E-state index in [0.717, 1.165) is 44.2 Å². The maximum atomic E-state index is 8.93. The molecule has 1 aromatic carbocycles. The zero-order valence-electron chi connectivity index (χ0n) is 11.5. The van der Waals surface area contributed by atoms with Crippen LogP contribution in [-0.2, 0) is 0 Å². The number of hydrogen-bond donors (Lipinski definition) is 1. The molecule has 2 rings (SSSR count). The van der Waals surface area contributed by atoms with E-state index in [1.54, 1.807) is 0 Å². The van der Waals surface area contributed by atoms with Gasteiger partial charge in [0.05, 0.1) is 6.61 Å². The molecular formula is C15H23NO3. The maximum Gasteiger partial charge on any atom is 0.119 e. The van der Waals surface area contributed by atoms with E-state index in [9.17, 15) is 0 Å². The highest BCUT2D eigenvalue weighted by Gasteiger charge is 2.25. The summed E-state index contributed by atoms with van der Waals surface area (Å²) in [4.78, 5) is 2.29. The normalized spacial score (nSPS) is 16.1. The monoisotopic (exact) mass is 265 g/mol. The second kappa shape index (κ2) is 7.36. The Bertz CT molecular complexity index is 360. The zero-order chi connectivity index (χ0) is 13.5. The second-order valence-corrected chi connectivity index (χ2v) is 4.98. The third-order valence-electron chi connectivity index (χ3n) is 3.26. The van der Waals surface area contributed by atoms with Crippen LogP contribution in [0, 0.1) is 5.92 Å². The Morgan fingerprint density at radius 3 is 2.21 bits per heavy atom. The Hall–Kier alpha value is -1.26. The van der Waals surface area contributed by atoms with E-state index in [1.165, 1.54) is 0 Å². The molecule has 1 heterocycles. The molecule has 0 bridgehead atoms. The fraction of sp³-hybridized carbons (Fsp3) is 0.600. The number of aliphatic hydroxyl groups is 1. The molecule has 0 amide bonds. The van der Waals surface area contributed by atoms with Crippen molar-refractivity contribution in [1.29, 1.82) is 0 Å². The van der Waals surface area contributed by atoms with Gasteiger partial charge < -0.3 is 14.6 Å². The van der Waals surface area contributed by atoms with E-state index in [-0.39, 0.29) is 0 Å². The number of likely N-dealkylation sites (tertiary alicyclic amines) is 1. The van der Waals surface area contributed by atoms with Crippen molar-refractivity contribution in [3.05, 3.63) is 24.3 Å². The highest BCUT2D eigenvalue weighted by molar-refractivity contribution is 5.31. The van der Waals surface area contributed by atoms with Crippen LogP contribution in [0.2, 0.25) is 0 Å². The first-order valence-corrected chi connectivity index (χ1v) is 7.00. The lowest BCUT2D eigenvalue weighted by Crippen LogP contribution is -2.49. The molecule has 4 nitrogen and oxygen atoms in total. The lowest BCUT2D eigenvalue weighted by Gasteiger charge is -2.37. The predicted molar refractivity (Wildman–Crippen MR) is 74.7 cm³/mol. The third-order valence-corrected chi connectivity index (χ3v) is 3.26. The number of hydrogen-bond acceptors (Lipinski definition) is 4. The van der Waals surface area contributed by atoms with Crippen molar-refractivity contribution in [3.63, 3.8) is 0 Å². The van der Waals surface area contributed by atoms with E-state index >= 15 is 0 Å². The van der Waals surface area contributed by atoms with Crippen LogP contribution >= 0.6 is 0 Å². The van der Waals surface area contributed by atoms with Crippen molar-refractivity contribution >= 4 is 0 Å². The van der Waals surface area contributed by atoms with Crippen LogP contribution in [-0.4, -0.2) is 49.5 Å². The van der Waals surface area contributed by atoms with E-state index in [1.807, 2.05) is 24.3 Å². The molecule has 1 aromatic rings. The molecule has 0 aromatic heterocycles. The van der Waals surface area contributed by atoms with Gasteiger partial charge in [0, 0.05) is 32.2 Å². The van der Waals surface area contributed by atoms with E-state index in [2.05, 4.69) is 11.8 Å². The quantitative estimate of drug-likeness (QED) is 0.778. The highest BCUT2D eigenvalue weighted by atomic mass is 16.5. The first kappa shape index (κ1) is 14.2. The molecule has 0 atom stereocenters. The Labute approximate surface area is 114 Å². The van der Waals surface area contributed by atoms with Gasteiger partial charge in [-0.1, -0.05) is 6.92 Å². The minimum absolute atomic E-state index is 0.302. The van der Waals surface area contributed by atoms with Crippen LogP contribution in [0.1, 0.15) is 13.3 Å². The molecule has 0 radical (unpaired) electrons. The van der Waals surface area contributed by atoms with Crippen molar-refractivity contribution in [2.24, 2.45) is 5.92 Å². The van der Waals surface area contributed by atoms with Gasteiger partial charge in [-0.2, -0.15) is 0 Å². The van der Waals surface area contributed by atoms with Crippen LogP contribution < -0.4 is 9.47 Å². The van der Waals surface area contributed by atoms with Crippen molar-refractivity contribution < 1.29 is 14.6 Å². The topological polar surface area (TPSA) is 41.9 Å². The summed E-state index contributed by atoms with van der Waals surface area (Å²) in [5, 5.41) is 8.93. The van der Waals surface area contributed by atoms with Gasteiger partial charge >= 0.3 is 0 Å². The summed E-state index contributed by atoms with van der Waals surface area (Å²) in [7, 11) is 0. The Balaban J connectivity index is 1.63. The molecule has 0 unspecified atom stereocenters. The standard InChI is InChI=1S/C15H23NO3/c1-2-8-18-14-3-5-15(6-4-14)19-9-7-16-10-13(11-16)12-17/h3-6,13,17H,2,7-12H2,1H3. The molecule has 0 spiro atoms. The molecule has 19 heavy (non-hydrogen) atoms. The minimum atomic E-state index is 0.302. The number of aliphatic hydroxyl groups excluding tert-OH is 1. The van der Waals surface area contributed by atoms with Crippen molar-refractivity contribution in [2.75, 3.05) is 39.5 Å². The third kappa shape index (κ3) is 4.40. The molecule has 0 saturated carbocycles. The van der Waals surface area contributed by atoms with Crippen LogP contribution in [0.4, 0.5) is 0 Å². The fourth-order valence-electron chi connectivity index (χ4n) is 2.12. The summed E-state index contributed by atoms with van der Waals surface area (Å²) in [6.07, 6.45) is 1.02. The van der Waals surface area contributed by atoms with Gasteiger partial charge in [-0.25, -0.2) is 0 Å². The van der Waals surface area contributed by atoms with Crippen LogP contribution in [0.25, 0.3) is 0 Å². The summed E-state index contributed by atoms with van der Waals surface area (Å²) in [5.41, 5.74) is 0. The molecule has 4 heteroatoms. The second-order valence-electron chi connectivity index (χ2n) is 4.98. The summed E-state index contributed by atoms with van der Waals surface area (Å²) < 4.78 is 11.2. The SMILES string of the molecule is CCCOc1ccc(OCCN2CC(CO)C2)cc1. The van der Waals surface area contributed by atoms with Gasteiger partial charge in [-0.05, 0) is 30.7 Å². The number of rotatable bonds is 8. The molecule has 1 aliphatic heterocycles. The lowest BCUT2D eigenvalue weighted by molar-refractivity contribution is 0.0439. The highest BCUT2D eigenvalue weighted by Crippen LogP contribution is 2.18. The number of nitrogens with zero attached hydrogens (tertiary/aromatic N) is 1. The molecule has 106 valence electrons. The van der Waals surface area contributed by atoms with Gasteiger partial charge in [0.15, 0.2) is 0 Å². The molecule has 1 fully saturated rings. The van der Waals surface area contributed by atoms with Gasteiger partial charge in [0.2, 0.25) is 0 Å². The van der Waals surface area contributed by atoms with E-state index < -0.39 is 0 Å². The zero-order valence-corrected chi connectivity index (χ0v) is 11.5. The molecular weight excluding hydrogens is 242 g/mol. The lowest BCUT2D eigenvalue weighted by atomic mass is 10.0. The largest absolute Gasteiger partial charge is 0.494 e.